The van der Waals surface area contributed by atoms with Crippen molar-refractivity contribution < 1.29 is 5.11 Å². The van der Waals surface area contributed by atoms with E-state index in [1.54, 1.807) is 0 Å². The van der Waals surface area contributed by atoms with Gasteiger partial charge in [-0.15, -0.1) is 0 Å². The molecule has 3 nitrogen and oxygen atoms in total. The molecule has 0 amide bonds. The van der Waals surface area contributed by atoms with Gasteiger partial charge in [0.15, 0.2) is 0 Å². The minimum Gasteiger partial charge on any atom is -0.389 e. The zero-order chi connectivity index (χ0) is 12.2. The molecule has 0 bridgehead atoms. The van der Waals surface area contributed by atoms with Crippen LogP contribution in [0, 0.1) is 16.7 Å². The summed E-state index contributed by atoms with van der Waals surface area (Å²) >= 11 is 0. The van der Waals surface area contributed by atoms with Crippen LogP contribution in [0.15, 0.2) is 0 Å². The first-order valence-corrected chi connectivity index (χ1v) is 6.98. The van der Waals surface area contributed by atoms with Gasteiger partial charge < -0.3 is 10.4 Å². The summed E-state index contributed by atoms with van der Waals surface area (Å²) in [5.41, 5.74) is -0.241. The van der Waals surface area contributed by atoms with Gasteiger partial charge in [-0.25, -0.2) is 0 Å². The van der Waals surface area contributed by atoms with Crippen molar-refractivity contribution in [2.45, 2.75) is 63.4 Å². The van der Waals surface area contributed by atoms with Crippen LogP contribution in [0.5, 0.6) is 0 Å². The lowest BCUT2D eigenvalue weighted by molar-refractivity contribution is 0.0244. The Balaban J connectivity index is 1.72. The van der Waals surface area contributed by atoms with Crippen LogP contribution in [-0.4, -0.2) is 23.8 Å². The van der Waals surface area contributed by atoms with Gasteiger partial charge in [-0.05, 0) is 31.1 Å². The van der Waals surface area contributed by atoms with Crippen LogP contribution in [0.1, 0.15) is 57.8 Å². The molecule has 0 saturated heterocycles. The SMILES string of the molecule is N#CCC1(CNCC2(O)CCCCCC2)CC1. The van der Waals surface area contributed by atoms with Crippen LogP contribution in [0.25, 0.3) is 0 Å². The highest BCUT2D eigenvalue weighted by Crippen LogP contribution is 2.47. The van der Waals surface area contributed by atoms with E-state index in [-0.39, 0.29) is 5.41 Å². The van der Waals surface area contributed by atoms with Gasteiger partial charge in [-0.2, -0.15) is 5.26 Å². The van der Waals surface area contributed by atoms with Crippen LogP contribution >= 0.6 is 0 Å². The predicted molar refractivity (Wildman–Crippen MR) is 67.4 cm³/mol. The molecule has 2 aliphatic carbocycles. The smallest absolute Gasteiger partial charge is 0.0771 e. The fourth-order valence-corrected chi connectivity index (χ4v) is 2.88. The van der Waals surface area contributed by atoms with Gasteiger partial charge in [-0.3, -0.25) is 0 Å². The van der Waals surface area contributed by atoms with E-state index in [1.807, 2.05) is 0 Å². The highest BCUT2D eigenvalue weighted by Gasteiger charge is 2.42. The number of rotatable bonds is 5. The number of nitriles is 1. The molecule has 2 aliphatic rings. The molecule has 0 radical (unpaired) electrons. The highest BCUT2D eigenvalue weighted by atomic mass is 16.3. The van der Waals surface area contributed by atoms with Crippen molar-refractivity contribution in [2.24, 2.45) is 5.41 Å². The Morgan fingerprint density at radius 1 is 1.00 bits per heavy atom. The molecule has 0 spiro atoms. The molecule has 17 heavy (non-hydrogen) atoms. The fourth-order valence-electron chi connectivity index (χ4n) is 2.88. The molecule has 0 atom stereocenters. The second-order valence-electron chi connectivity index (χ2n) is 6.08. The molecule has 0 heterocycles. The van der Waals surface area contributed by atoms with Crippen LogP contribution in [0.2, 0.25) is 0 Å². The summed E-state index contributed by atoms with van der Waals surface area (Å²) in [7, 11) is 0. The van der Waals surface area contributed by atoms with E-state index in [4.69, 9.17) is 5.26 Å². The van der Waals surface area contributed by atoms with Crippen LogP contribution < -0.4 is 5.32 Å². The maximum Gasteiger partial charge on any atom is 0.0771 e. The Morgan fingerprint density at radius 3 is 2.18 bits per heavy atom. The molecule has 3 heteroatoms. The number of nitrogens with zero attached hydrogens (tertiary/aromatic N) is 1. The summed E-state index contributed by atoms with van der Waals surface area (Å²) in [4.78, 5) is 0. The number of hydrogen-bond donors (Lipinski definition) is 2. The van der Waals surface area contributed by atoms with E-state index in [9.17, 15) is 5.11 Å². The van der Waals surface area contributed by atoms with Crippen LogP contribution in [0.4, 0.5) is 0 Å². The van der Waals surface area contributed by atoms with Crippen molar-refractivity contribution in [3.8, 4) is 6.07 Å². The molecule has 96 valence electrons. The topological polar surface area (TPSA) is 56.0 Å². The third-order valence-corrected chi connectivity index (χ3v) is 4.40. The summed E-state index contributed by atoms with van der Waals surface area (Å²) < 4.78 is 0. The van der Waals surface area contributed by atoms with E-state index >= 15 is 0 Å². The zero-order valence-electron chi connectivity index (χ0n) is 10.7. The van der Waals surface area contributed by atoms with E-state index in [2.05, 4.69) is 11.4 Å². The molecule has 0 aromatic rings. The Morgan fingerprint density at radius 2 is 1.65 bits per heavy atom. The molecule has 2 N–H and O–H groups in total. The van der Waals surface area contributed by atoms with Crippen LogP contribution in [-0.2, 0) is 0 Å². The molecule has 2 fully saturated rings. The van der Waals surface area contributed by atoms with Gasteiger partial charge in [0.1, 0.15) is 0 Å². The Kier molecular flexibility index (Phi) is 4.06. The maximum absolute atomic E-state index is 10.5. The average Bonchev–Trinajstić information content (AvgIpc) is 3.06. The normalized spacial score (nSPS) is 25.9. The summed E-state index contributed by atoms with van der Waals surface area (Å²) in [6.45, 7) is 1.61. The standard InChI is InChI=1S/C14H24N2O/c15-10-9-13(7-8-13)11-16-12-14(17)5-3-1-2-4-6-14/h16-17H,1-9,11-12H2. The lowest BCUT2D eigenvalue weighted by Gasteiger charge is -2.28. The van der Waals surface area contributed by atoms with Gasteiger partial charge in [-0.1, -0.05) is 25.7 Å². The maximum atomic E-state index is 10.5. The van der Waals surface area contributed by atoms with Crippen molar-refractivity contribution in [2.75, 3.05) is 13.1 Å². The second kappa shape index (κ2) is 5.37. The summed E-state index contributed by atoms with van der Waals surface area (Å²) in [5, 5.41) is 22.6. The molecule has 0 aromatic heterocycles. The summed E-state index contributed by atoms with van der Waals surface area (Å²) in [6.07, 6.45) is 9.72. The molecule has 2 rings (SSSR count). The Bertz CT molecular complexity index is 283. The Labute approximate surface area is 104 Å². The molecule has 2 saturated carbocycles. The zero-order valence-corrected chi connectivity index (χ0v) is 10.7. The highest BCUT2D eigenvalue weighted by molar-refractivity contribution is 5.01. The molecular weight excluding hydrogens is 212 g/mol. The van der Waals surface area contributed by atoms with Gasteiger partial charge in [0, 0.05) is 19.5 Å². The number of aliphatic hydroxyl groups is 1. The van der Waals surface area contributed by atoms with E-state index in [1.165, 1.54) is 25.7 Å². The van der Waals surface area contributed by atoms with E-state index in [0.29, 0.717) is 13.0 Å². The van der Waals surface area contributed by atoms with Gasteiger partial charge >= 0.3 is 0 Å². The lowest BCUT2D eigenvalue weighted by atomic mass is 9.94. The lowest BCUT2D eigenvalue weighted by Crippen LogP contribution is -2.42. The third-order valence-electron chi connectivity index (χ3n) is 4.40. The first-order valence-electron chi connectivity index (χ1n) is 6.98. The molecule has 0 aromatic carbocycles. The molecule has 0 aliphatic heterocycles. The van der Waals surface area contributed by atoms with Gasteiger partial charge in [0.05, 0.1) is 11.7 Å². The van der Waals surface area contributed by atoms with Crippen LogP contribution in [0.3, 0.4) is 0 Å². The summed E-state index contributed by atoms with van der Waals surface area (Å²) in [5.74, 6) is 0. The second-order valence-corrected chi connectivity index (χ2v) is 6.08. The quantitative estimate of drug-likeness (QED) is 0.720. The fraction of sp³-hybridized carbons (Fsp3) is 0.929. The third kappa shape index (κ3) is 3.69. The number of nitrogens with one attached hydrogen (secondary N) is 1. The average molecular weight is 236 g/mol. The van der Waals surface area contributed by atoms with Gasteiger partial charge in [0.2, 0.25) is 0 Å². The predicted octanol–water partition coefficient (Wildman–Crippen LogP) is 2.36. The first kappa shape index (κ1) is 12.9. The Hall–Kier alpha value is -0.590. The minimum absolute atomic E-state index is 0.246. The minimum atomic E-state index is -0.487. The molecule has 0 unspecified atom stereocenters. The first-order chi connectivity index (χ1) is 8.18. The van der Waals surface area contributed by atoms with Crippen molar-refractivity contribution in [3.63, 3.8) is 0 Å². The van der Waals surface area contributed by atoms with Gasteiger partial charge in [0.25, 0.3) is 0 Å². The molecular formula is C14H24N2O. The van der Waals surface area contributed by atoms with E-state index < -0.39 is 5.60 Å². The van der Waals surface area contributed by atoms with Crippen molar-refractivity contribution in [3.05, 3.63) is 0 Å². The van der Waals surface area contributed by atoms with Crippen molar-refractivity contribution >= 4 is 0 Å². The van der Waals surface area contributed by atoms with E-state index in [0.717, 1.165) is 32.2 Å². The largest absolute Gasteiger partial charge is 0.389 e. The van der Waals surface area contributed by atoms with Crippen molar-refractivity contribution in [1.29, 1.82) is 5.26 Å². The monoisotopic (exact) mass is 236 g/mol. The van der Waals surface area contributed by atoms with Crippen molar-refractivity contribution in [1.82, 2.24) is 5.32 Å². The summed E-state index contributed by atoms with van der Waals surface area (Å²) in [6, 6.07) is 2.28. The number of hydrogen-bond acceptors (Lipinski definition) is 3.